The lowest BCUT2D eigenvalue weighted by Crippen LogP contribution is -2.37. The summed E-state index contributed by atoms with van der Waals surface area (Å²) in [5.74, 6) is 0. The molecule has 2 aliphatic heterocycles. The average Bonchev–Trinajstić information content (AvgIpc) is 2.61. The molecule has 2 saturated heterocycles. The molecule has 0 radical (unpaired) electrons. The zero-order valence-electron chi connectivity index (χ0n) is 11.6. The number of halogens is 4. The minimum atomic E-state index is -4.35. The molecule has 0 amide bonds. The summed E-state index contributed by atoms with van der Waals surface area (Å²) in [7, 11) is 0. The van der Waals surface area contributed by atoms with E-state index in [1.807, 2.05) is 0 Å². The zero-order valence-corrected chi connectivity index (χ0v) is 12.3. The Hall–Kier alpha value is -0.780. The van der Waals surface area contributed by atoms with Gasteiger partial charge in [-0.2, -0.15) is 13.2 Å². The fourth-order valence-electron chi connectivity index (χ4n) is 3.46. The number of benzene rings is 1. The first-order valence-corrected chi connectivity index (χ1v) is 7.64. The smallest absolute Gasteiger partial charge is 0.315 e. The first kappa shape index (κ1) is 15.1. The summed E-state index contributed by atoms with van der Waals surface area (Å²) in [5, 5.41) is 3.55. The molecule has 6 heteroatoms. The Labute approximate surface area is 127 Å². The predicted octanol–water partition coefficient (Wildman–Crippen LogP) is 3.69. The normalized spacial score (nSPS) is 26.9. The van der Waals surface area contributed by atoms with E-state index in [9.17, 15) is 13.2 Å². The van der Waals surface area contributed by atoms with Crippen LogP contribution >= 0.6 is 11.6 Å². The molecular weight excluding hydrogens is 301 g/mol. The first-order valence-electron chi connectivity index (χ1n) is 7.26. The summed E-state index contributed by atoms with van der Waals surface area (Å²) in [5.41, 5.74) is -0.0149. The number of alkyl halides is 3. The topological polar surface area (TPSA) is 15.3 Å². The van der Waals surface area contributed by atoms with E-state index in [1.165, 1.54) is 6.07 Å². The lowest BCUT2D eigenvalue weighted by molar-refractivity contribution is -0.137. The Morgan fingerprint density at radius 3 is 2.67 bits per heavy atom. The Kier molecular flexibility index (Phi) is 4.17. The van der Waals surface area contributed by atoms with Gasteiger partial charge in [0, 0.05) is 30.2 Å². The van der Waals surface area contributed by atoms with E-state index in [2.05, 4.69) is 10.2 Å². The fourth-order valence-corrected chi connectivity index (χ4v) is 3.71. The van der Waals surface area contributed by atoms with E-state index < -0.39 is 11.7 Å². The molecule has 2 atom stereocenters. The van der Waals surface area contributed by atoms with Crippen molar-refractivity contribution in [1.82, 2.24) is 10.2 Å². The van der Waals surface area contributed by atoms with Gasteiger partial charge in [-0.3, -0.25) is 4.90 Å². The minimum absolute atomic E-state index is 0.153. The standard InChI is InChI=1S/C15H18ClF3N2/c16-12-6-10(5-11(7-12)15(17,18)19)9-21-13-1-2-14(21)8-20-4-3-13/h5-7,13-14,20H,1-4,8-9H2. The number of fused-ring (bicyclic) bond motifs is 2. The third-order valence-corrected chi connectivity index (χ3v) is 4.67. The molecule has 2 aliphatic rings. The van der Waals surface area contributed by atoms with Gasteiger partial charge in [0.05, 0.1) is 5.56 Å². The molecule has 0 aliphatic carbocycles. The summed E-state index contributed by atoms with van der Waals surface area (Å²) >= 11 is 5.86. The highest BCUT2D eigenvalue weighted by atomic mass is 35.5. The highest BCUT2D eigenvalue weighted by Crippen LogP contribution is 2.34. The molecule has 0 spiro atoms. The van der Waals surface area contributed by atoms with Crippen LogP contribution in [-0.4, -0.2) is 30.1 Å². The van der Waals surface area contributed by atoms with E-state index in [0.29, 0.717) is 24.2 Å². The Balaban J connectivity index is 1.83. The summed E-state index contributed by atoms with van der Waals surface area (Å²) in [6, 6.07) is 4.76. The van der Waals surface area contributed by atoms with Crippen molar-refractivity contribution in [1.29, 1.82) is 0 Å². The SMILES string of the molecule is FC(F)(F)c1cc(Cl)cc(CN2C3CCNCC2CC3)c1. The molecule has 1 N–H and O–H groups in total. The van der Waals surface area contributed by atoms with Crippen LogP contribution in [0.1, 0.15) is 30.4 Å². The van der Waals surface area contributed by atoms with Crippen LogP contribution in [0.4, 0.5) is 13.2 Å². The van der Waals surface area contributed by atoms with Gasteiger partial charge >= 0.3 is 6.18 Å². The van der Waals surface area contributed by atoms with Crippen molar-refractivity contribution < 1.29 is 13.2 Å². The van der Waals surface area contributed by atoms with Crippen LogP contribution < -0.4 is 5.32 Å². The van der Waals surface area contributed by atoms with Crippen LogP contribution in [0.15, 0.2) is 18.2 Å². The number of nitrogens with zero attached hydrogens (tertiary/aromatic N) is 1. The number of hydrogen-bond acceptors (Lipinski definition) is 2. The molecule has 2 fully saturated rings. The molecular formula is C15H18ClF3N2. The molecule has 2 unspecified atom stereocenters. The number of nitrogens with one attached hydrogen (secondary N) is 1. The molecule has 3 rings (SSSR count). The maximum atomic E-state index is 12.9. The number of hydrogen-bond donors (Lipinski definition) is 1. The van der Waals surface area contributed by atoms with Crippen molar-refractivity contribution in [2.45, 2.75) is 44.1 Å². The molecule has 0 aromatic heterocycles. The van der Waals surface area contributed by atoms with Crippen molar-refractivity contribution in [3.05, 3.63) is 34.3 Å². The maximum absolute atomic E-state index is 12.9. The lowest BCUT2D eigenvalue weighted by Gasteiger charge is -2.28. The van der Waals surface area contributed by atoms with Crippen molar-refractivity contribution in [3.8, 4) is 0 Å². The molecule has 2 heterocycles. The molecule has 0 saturated carbocycles. The highest BCUT2D eigenvalue weighted by molar-refractivity contribution is 6.30. The van der Waals surface area contributed by atoms with Crippen LogP contribution in [0, 0.1) is 0 Å². The van der Waals surface area contributed by atoms with Crippen molar-refractivity contribution >= 4 is 11.6 Å². The molecule has 21 heavy (non-hydrogen) atoms. The third-order valence-electron chi connectivity index (χ3n) is 4.46. The first-order chi connectivity index (χ1) is 9.93. The fraction of sp³-hybridized carbons (Fsp3) is 0.600. The van der Waals surface area contributed by atoms with E-state index in [-0.39, 0.29) is 5.02 Å². The number of rotatable bonds is 2. The van der Waals surface area contributed by atoms with Gasteiger partial charge < -0.3 is 5.32 Å². The molecule has 1 aromatic carbocycles. The van der Waals surface area contributed by atoms with Gasteiger partial charge in [-0.25, -0.2) is 0 Å². The van der Waals surface area contributed by atoms with Crippen LogP contribution in [0.2, 0.25) is 5.02 Å². The van der Waals surface area contributed by atoms with Crippen molar-refractivity contribution in [2.24, 2.45) is 0 Å². The third kappa shape index (κ3) is 3.35. The van der Waals surface area contributed by atoms with Gasteiger partial charge in [-0.1, -0.05) is 11.6 Å². The van der Waals surface area contributed by atoms with Gasteiger partial charge in [0.15, 0.2) is 0 Å². The quantitative estimate of drug-likeness (QED) is 0.895. The molecule has 1 aromatic rings. The van der Waals surface area contributed by atoms with Crippen molar-refractivity contribution in [2.75, 3.05) is 13.1 Å². The monoisotopic (exact) mass is 318 g/mol. The predicted molar refractivity (Wildman–Crippen MR) is 76.3 cm³/mol. The van der Waals surface area contributed by atoms with Gasteiger partial charge in [0.25, 0.3) is 0 Å². The van der Waals surface area contributed by atoms with Crippen LogP contribution in [-0.2, 0) is 12.7 Å². The summed E-state index contributed by atoms with van der Waals surface area (Å²) < 4.78 is 38.6. The molecule has 2 nitrogen and oxygen atoms in total. The highest BCUT2D eigenvalue weighted by Gasteiger charge is 2.35. The van der Waals surface area contributed by atoms with E-state index in [4.69, 9.17) is 11.6 Å². The summed E-state index contributed by atoms with van der Waals surface area (Å²) in [6.07, 6.45) is -1.04. The maximum Gasteiger partial charge on any atom is 0.416 e. The summed E-state index contributed by atoms with van der Waals surface area (Å²) in [4.78, 5) is 2.34. The van der Waals surface area contributed by atoms with Crippen LogP contribution in [0.5, 0.6) is 0 Å². The second-order valence-corrected chi connectivity index (χ2v) is 6.33. The van der Waals surface area contributed by atoms with E-state index >= 15 is 0 Å². The van der Waals surface area contributed by atoms with Crippen LogP contribution in [0.3, 0.4) is 0 Å². The Bertz CT molecular complexity index is 504. The second-order valence-electron chi connectivity index (χ2n) is 5.90. The molecule has 116 valence electrons. The van der Waals surface area contributed by atoms with Gasteiger partial charge in [0.1, 0.15) is 0 Å². The van der Waals surface area contributed by atoms with E-state index in [0.717, 1.165) is 38.4 Å². The van der Waals surface area contributed by atoms with Crippen molar-refractivity contribution in [3.63, 3.8) is 0 Å². The second kappa shape index (κ2) is 5.78. The van der Waals surface area contributed by atoms with E-state index in [1.54, 1.807) is 6.07 Å². The Morgan fingerprint density at radius 1 is 1.14 bits per heavy atom. The van der Waals surface area contributed by atoms with Crippen LogP contribution in [0.25, 0.3) is 0 Å². The summed E-state index contributed by atoms with van der Waals surface area (Å²) in [6.45, 7) is 2.45. The molecule has 2 bridgehead atoms. The Morgan fingerprint density at radius 2 is 1.90 bits per heavy atom. The largest absolute Gasteiger partial charge is 0.416 e. The zero-order chi connectivity index (χ0) is 15.0. The average molecular weight is 319 g/mol. The van der Waals surface area contributed by atoms with Gasteiger partial charge in [-0.15, -0.1) is 0 Å². The van der Waals surface area contributed by atoms with Gasteiger partial charge in [0.2, 0.25) is 0 Å². The minimum Gasteiger partial charge on any atom is -0.315 e. The van der Waals surface area contributed by atoms with Gasteiger partial charge in [-0.05, 0) is 49.6 Å². The lowest BCUT2D eigenvalue weighted by atomic mass is 10.1.